The number of hydrogen-bond acceptors (Lipinski definition) is 4. The molecule has 108 valence electrons. The summed E-state index contributed by atoms with van der Waals surface area (Å²) in [4.78, 5) is 11.3. The molecule has 19 heavy (non-hydrogen) atoms. The normalized spacial score (nSPS) is 11.6. The van der Waals surface area contributed by atoms with E-state index in [1.807, 2.05) is 12.4 Å². The lowest BCUT2D eigenvalue weighted by molar-refractivity contribution is 0.421. The lowest BCUT2D eigenvalue weighted by atomic mass is 10.1. The predicted molar refractivity (Wildman–Crippen MR) is 81.4 cm³/mol. The molecule has 1 heterocycles. The molecule has 0 aliphatic carbocycles. The second kappa shape index (κ2) is 7.43. The Bertz CT molecular complexity index is 353. The Kier molecular flexibility index (Phi) is 6.22. The van der Waals surface area contributed by atoms with Gasteiger partial charge in [0.05, 0.1) is 18.1 Å². The van der Waals surface area contributed by atoms with Gasteiger partial charge in [0.15, 0.2) is 0 Å². The maximum Gasteiger partial charge on any atom is 0.147 e. The van der Waals surface area contributed by atoms with Crippen LogP contribution in [-0.4, -0.2) is 28.6 Å². The fourth-order valence-electron chi connectivity index (χ4n) is 1.74. The van der Waals surface area contributed by atoms with E-state index in [0.29, 0.717) is 0 Å². The van der Waals surface area contributed by atoms with Gasteiger partial charge in [-0.05, 0) is 34.1 Å². The average molecular weight is 264 g/mol. The lowest BCUT2D eigenvalue weighted by Gasteiger charge is -2.22. The molecule has 1 aromatic rings. The molecular weight excluding hydrogens is 236 g/mol. The summed E-state index contributed by atoms with van der Waals surface area (Å²) in [5.74, 6) is 0.982. The first kappa shape index (κ1) is 15.9. The Morgan fingerprint density at radius 2 is 1.89 bits per heavy atom. The summed E-state index contributed by atoms with van der Waals surface area (Å²) in [7, 11) is 0. The lowest BCUT2D eigenvalue weighted by Crippen LogP contribution is -2.35. The highest BCUT2D eigenvalue weighted by Gasteiger charge is 2.10. The first-order valence-electron chi connectivity index (χ1n) is 7.27. The van der Waals surface area contributed by atoms with Crippen molar-refractivity contribution in [2.45, 2.75) is 59.5 Å². The van der Waals surface area contributed by atoms with Gasteiger partial charge in [0.1, 0.15) is 5.82 Å². The number of hydrogen-bond donors (Lipinski definition) is 1. The molecule has 0 aliphatic heterocycles. The molecule has 0 bridgehead atoms. The minimum absolute atomic E-state index is 0.108. The first-order valence-corrected chi connectivity index (χ1v) is 7.27. The Labute approximate surface area is 117 Å². The van der Waals surface area contributed by atoms with Crippen LogP contribution < -0.4 is 10.2 Å². The van der Waals surface area contributed by atoms with E-state index in [1.165, 1.54) is 12.8 Å². The minimum Gasteiger partial charge on any atom is -0.356 e. The van der Waals surface area contributed by atoms with Gasteiger partial charge in [-0.25, -0.2) is 4.98 Å². The average Bonchev–Trinajstić information content (AvgIpc) is 2.38. The van der Waals surface area contributed by atoms with E-state index in [-0.39, 0.29) is 5.54 Å². The number of unbranched alkanes of at least 4 members (excludes halogenated alkanes) is 1. The van der Waals surface area contributed by atoms with Crippen molar-refractivity contribution >= 4 is 5.82 Å². The summed E-state index contributed by atoms with van der Waals surface area (Å²) >= 11 is 0. The van der Waals surface area contributed by atoms with Crippen LogP contribution in [0.3, 0.4) is 0 Å². The molecule has 0 aliphatic rings. The number of aromatic nitrogens is 2. The van der Waals surface area contributed by atoms with E-state index < -0.39 is 0 Å². The van der Waals surface area contributed by atoms with Gasteiger partial charge in [0.2, 0.25) is 0 Å². The number of nitrogens with zero attached hydrogens (tertiary/aromatic N) is 3. The highest BCUT2D eigenvalue weighted by Crippen LogP contribution is 2.10. The summed E-state index contributed by atoms with van der Waals surface area (Å²) in [6.45, 7) is 13.6. The van der Waals surface area contributed by atoms with Gasteiger partial charge in [-0.3, -0.25) is 4.98 Å². The largest absolute Gasteiger partial charge is 0.356 e. The van der Waals surface area contributed by atoms with Crippen LogP contribution in [0.15, 0.2) is 12.4 Å². The molecule has 1 N–H and O–H groups in total. The molecule has 0 amide bonds. The third-order valence-electron chi connectivity index (χ3n) is 2.98. The van der Waals surface area contributed by atoms with Crippen molar-refractivity contribution in [1.29, 1.82) is 0 Å². The highest BCUT2D eigenvalue weighted by atomic mass is 15.2. The minimum atomic E-state index is 0.108. The number of rotatable bonds is 7. The zero-order valence-electron chi connectivity index (χ0n) is 13.0. The standard InChI is InChI=1S/C15H28N4/c1-6-8-9-19(7-2)14-12-16-13(10-17-14)11-18-15(3,4)5/h10,12,18H,6-9,11H2,1-5H3. The molecule has 0 spiro atoms. The van der Waals surface area contributed by atoms with Crippen molar-refractivity contribution in [3.8, 4) is 0 Å². The molecule has 4 nitrogen and oxygen atoms in total. The zero-order valence-corrected chi connectivity index (χ0v) is 13.0. The van der Waals surface area contributed by atoms with Gasteiger partial charge in [0, 0.05) is 25.2 Å². The van der Waals surface area contributed by atoms with Gasteiger partial charge in [-0.1, -0.05) is 13.3 Å². The summed E-state index contributed by atoms with van der Waals surface area (Å²) in [5.41, 5.74) is 1.10. The van der Waals surface area contributed by atoms with E-state index in [4.69, 9.17) is 0 Å². The van der Waals surface area contributed by atoms with Crippen molar-refractivity contribution in [1.82, 2.24) is 15.3 Å². The monoisotopic (exact) mass is 264 g/mol. The fraction of sp³-hybridized carbons (Fsp3) is 0.733. The molecular formula is C15H28N4. The first-order chi connectivity index (χ1) is 8.96. The second-order valence-corrected chi connectivity index (χ2v) is 5.90. The molecule has 0 saturated carbocycles. The van der Waals surface area contributed by atoms with E-state index >= 15 is 0 Å². The predicted octanol–water partition coefficient (Wildman–Crippen LogP) is 2.99. The van der Waals surface area contributed by atoms with Gasteiger partial charge >= 0.3 is 0 Å². The van der Waals surface area contributed by atoms with Crippen molar-refractivity contribution in [2.24, 2.45) is 0 Å². The maximum atomic E-state index is 4.53. The maximum absolute atomic E-state index is 4.53. The van der Waals surface area contributed by atoms with Crippen LogP contribution in [0.25, 0.3) is 0 Å². The van der Waals surface area contributed by atoms with Crippen LogP contribution in [-0.2, 0) is 6.54 Å². The molecule has 1 aromatic heterocycles. The number of anilines is 1. The summed E-state index contributed by atoms with van der Waals surface area (Å²) in [6.07, 6.45) is 6.17. The molecule has 0 aromatic carbocycles. The van der Waals surface area contributed by atoms with Gasteiger partial charge in [-0.15, -0.1) is 0 Å². The summed E-state index contributed by atoms with van der Waals surface area (Å²) < 4.78 is 0. The molecule has 0 saturated heterocycles. The zero-order chi connectivity index (χ0) is 14.3. The second-order valence-electron chi connectivity index (χ2n) is 5.90. The molecule has 0 fully saturated rings. The third-order valence-corrected chi connectivity index (χ3v) is 2.98. The Morgan fingerprint density at radius 3 is 2.37 bits per heavy atom. The van der Waals surface area contributed by atoms with Gasteiger partial charge < -0.3 is 10.2 Å². The number of nitrogens with one attached hydrogen (secondary N) is 1. The van der Waals surface area contributed by atoms with Crippen molar-refractivity contribution in [2.75, 3.05) is 18.0 Å². The van der Waals surface area contributed by atoms with E-state index in [0.717, 1.165) is 31.1 Å². The quantitative estimate of drug-likeness (QED) is 0.822. The van der Waals surface area contributed by atoms with Crippen LogP contribution in [0.4, 0.5) is 5.82 Å². The third kappa shape index (κ3) is 6.01. The summed E-state index contributed by atoms with van der Waals surface area (Å²) in [5, 5.41) is 3.42. The van der Waals surface area contributed by atoms with Crippen LogP contribution in [0.2, 0.25) is 0 Å². The molecule has 4 heteroatoms. The highest BCUT2D eigenvalue weighted by molar-refractivity contribution is 5.35. The summed E-state index contributed by atoms with van der Waals surface area (Å²) in [6, 6.07) is 0. The Morgan fingerprint density at radius 1 is 1.16 bits per heavy atom. The molecule has 0 unspecified atom stereocenters. The Hall–Kier alpha value is -1.16. The van der Waals surface area contributed by atoms with Crippen LogP contribution in [0.5, 0.6) is 0 Å². The Balaban J connectivity index is 2.59. The van der Waals surface area contributed by atoms with Gasteiger partial charge in [0.25, 0.3) is 0 Å². The fourth-order valence-corrected chi connectivity index (χ4v) is 1.74. The van der Waals surface area contributed by atoms with Crippen LogP contribution >= 0.6 is 0 Å². The van der Waals surface area contributed by atoms with E-state index in [9.17, 15) is 0 Å². The van der Waals surface area contributed by atoms with Crippen molar-refractivity contribution in [3.05, 3.63) is 18.1 Å². The van der Waals surface area contributed by atoms with Crippen molar-refractivity contribution in [3.63, 3.8) is 0 Å². The SMILES string of the molecule is CCCCN(CC)c1cnc(CNC(C)(C)C)cn1. The molecule has 1 rings (SSSR count). The molecule has 0 radical (unpaired) electrons. The van der Waals surface area contributed by atoms with Crippen molar-refractivity contribution < 1.29 is 0 Å². The van der Waals surface area contributed by atoms with E-state index in [2.05, 4.69) is 54.8 Å². The molecule has 0 atom stereocenters. The van der Waals surface area contributed by atoms with Crippen LogP contribution in [0.1, 0.15) is 53.2 Å². The van der Waals surface area contributed by atoms with Crippen LogP contribution in [0, 0.1) is 0 Å². The topological polar surface area (TPSA) is 41.1 Å². The smallest absolute Gasteiger partial charge is 0.147 e. The van der Waals surface area contributed by atoms with Gasteiger partial charge in [-0.2, -0.15) is 0 Å². The van der Waals surface area contributed by atoms with E-state index in [1.54, 1.807) is 0 Å².